The van der Waals surface area contributed by atoms with Crippen molar-refractivity contribution in [2.45, 2.75) is 38.8 Å². The molecule has 1 aliphatic rings. The van der Waals surface area contributed by atoms with Crippen LogP contribution in [0.5, 0.6) is 0 Å². The first-order chi connectivity index (χ1) is 13.4. The number of sulfonamides is 1. The smallest absolute Gasteiger partial charge is 0.213 e. The van der Waals surface area contributed by atoms with Gasteiger partial charge in [0.1, 0.15) is 0 Å². The van der Waals surface area contributed by atoms with Crippen molar-refractivity contribution >= 4 is 32.5 Å². The summed E-state index contributed by atoms with van der Waals surface area (Å²) in [7, 11) is 0.545. The van der Waals surface area contributed by atoms with Crippen LogP contribution in [0.1, 0.15) is 31.9 Å². The summed E-state index contributed by atoms with van der Waals surface area (Å²) in [5, 5.41) is 9.10. The minimum absolute atomic E-state index is 0.0134. The Morgan fingerprint density at radius 2 is 2.21 bits per heavy atom. The maximum absolute atomic E-state index is 12.2. The number of ether oxygens (including phenoxy) is 1. The minimum Gasteiger partial charge on any atom is -0.377 e. The van der Waals surface area contributed by atoms with Crippen molar-refractivity contribution in [2.75, 3.05) is 51.0 Å². The molecular formula is C17H32N6O3S2. The fraction of sp³-hybridized carbons (Fsp3) is 0.765. The third-order valence-corrected chi connectivity index (χ3v) is 6.54. The van der Waals surface area contributed by atoms with E-state index in [-0.39, 0.29) is 18.4 Å². The first-order valence-electron chi connectivity index (χ1n) is 9.62. The molecule has 1 saturated heterocycles. The molecule has 1 aliphatic heterocycles. The molecule has 1 fully saturated rings. The zero-order valence-electron chi connectivity index (χ0n) is 16.9. The van der Waals surface area contributed by atoms with Gasteiger partial charge >= 0.3 is 0 Å². The molecule has 0 radical (unpaired) electrons. The van der Waals surface area contributed by atoms with Crippen LogP contribution < -0.4 is 20.3 Å². The van der Waals surface area contributed by atoms with Gasteiger partial charge in [-0.1, -0.05) is 0 Å². The van der Waals surface area contributed by atoms with E-state index in [1.165, 1.54) is 0 Å². The van der Waals surface area contributed by atoms with Crippen LogP contribution in [-0.4, -0.2) is 71.6 Å². The van der Waals surface area contributed by atoms with Gasteiger partial charge in [0.15, 0.2) is 11.1 Å². The van der Waals surface area contributed by atoms with Gasteiger partial charge in [-0.3, -0.25) is 0 Å². The Labute approximate surface area is 172 Å². The van der Waals surface area contributed by atoms with E-state index >= 15 is 0 Å². The highest BCUT2D eigenvalue weighted by atomic mass is 32.2. The van der Waals surface area contributed by atoms with Gasteiger partial charge < -0.3 is 20.3 Å². The SMILES string of the molecule is CCNC(=NCc1csc(N(C)C)n1)NCCS(=O)(=O)NCC1CCCCO1. The number of guanidine groups is 1. The van der Waals surface area contributed by atoms with E-state index in [9.17, 15) is 8.42 Å². The molecule has 0 amide bonds. The van der Waals surface area contributed by atoms with Gasteiger partial charge in [0.05, 0.1) is 24.1 Å². The first kappa shape index (κ1) is 22.9. The molecule has 11 heteroatoms. The lowest BCUT2D eigenvalue weighted by Gasteiger charge is -2.22. The summed E-state index contributed by atoms with van der Waals surface area (Å²) < 4.78 is 32.6. The molecule has 0 saturated carbocycles. The third-order valence-electron chi connectivity index (χ3n) is 4.13. The zero-order chi connectivity index (χ0) is 20.4. The number of rotatable bonds is 10. The molecule has 1 aromatic heterocycles. The Morgan fingerprint density at radius 3 is 2.86 bits per heavy atom. The molecule has 0 spiro atoms. The topological polar surface area (TPSA) is 108 Å². The normalized spacial score (nSPS) is 18.1. The fourth-order valence-corrected chi connectivity index (χ4v) is 4.34. The molecule has 0 bridgehead atoms. The molecule has 2 heterocycles. The second-order valence-electron chi connectivity index (χ2n) is 6.79. The Balaban J connectivity index is 1.77. The van der Waals surface area contributed by atoms with Gasteiger partial charge in [-0.15, -0.1) is 11.3 Å². The second kappa shape index (κ2) is 11.5. The van der Waals surface area contributed by atoms with Gasteiger partial charge in [0.2, 0.25) is 10.0 Å². The largest absolute Gasteiger partial charge is 0.377 e. The molecule has 1 aromatic rings. The standard InChI is InChI=1S/C17H32N6O3S2/c1-4-18-16(20-11-14-13-27-17(22-14)23(2)3)19-8-10-28(24,25)21-12-15-7-5-6-9-26-15/h13,15,21H,4-12H2,1-3H3,(H2,18,19,20). The molecule has 3 N–H and O–H groups in total. The van der Waals surface area contributed by atoms with Crippen molar-refractivity contribution in [1.29, 1.82) is 0 Å². The monoisotopic (exact) mass is 432 g/mol. The molecule has 28 heavy (non-hydrogen) atoms. The first-order valence-corrected chi connectivity index (χ1v) is 12.2. The highest BCUT2D eigenvalue weighted by Crippen LogP contribution is 2.18. The van der Waals surface area contributed by atoms with Crippen LogP contribution in [0.15, 0.2) is 10.4 Å². The summed E-state index contributed by atoms with van der Waals surface area (Å²) in [4.78, 5) is 10.9. The van der Waals surface area contributed by atoms with E-state index in [2.05, 4.69) is 25.3 Å². The third kappa shape index (κ3) is 8.29. The van der Waals surface area contributed by atoms with Gasteiger partial charge in [0, 0.05) is 45.7 Å². The Hall–Kier alpha value is -1.43. The van der Waals surface area contributed by atoms with Crippen molar-refractivity contribution in [3.05, 3.63) is 11.1 Å². The van der Waals surface area contributed by atoms with Crippen molar-refractivity contribution in [3.63, 3.8) is 0 Å². The van der Waals surface area contributed by atoms with Crippen LogP contribution in [0.25, 0.3) is 0 Å². The van der Waals surface area contributed by atoms with E-state index in [0.717, 1.165) is 30.1 Å². The van der Waals surface area contributed by atoms with Crippen LogP contribution >= 0.6 is 11.3 Å². The van der Waals surface area contributed by atoms with Crippen molar-refractivity contribution in [2.24, 2.45) is 4.99 Å². The number of hydrogen-bond acceptors (Lipinski definition) is 7. The van der Waals surface area contributed by atoms with E-state index in [4.69, 9.17) is 4.74 Å². The van der Waals surface area contributed by atoms with E-state index in [1.807, 2.05) is 31.3 Å². The van der Waals surface area contributed by atoms with E-state index in [1.54, 1.807) is 11.3 Å². The number of aromatic nitrogens is 1. The number of anilines is 1. The maximum atomic E-state index is 12.2. The quantitative estimate of drug-likeness (QED) is 0.370. The summed E-state index contributed by atoms with van der Waals surface area (Å²) in [5.74, 6) is 0.554. The Kier molecular flexibility index (Phi) is 9.42. The molecule has 1 unspecified atom stereocenters. The molecule has 160 valence electrons. The summed E-state index contributed by atoms with van der Waals surface area (Å²) in [5.41, 5.74) is 0.882. The van der Waals surface area contributed by atoms with Crippen molar-refractivity contribution < 1.29 is 13.2 Å². The summed E-state index contributed by atoms with van der Waals surface area (Å²) in [6, 6.07) is 0. The predicted octanol–water partition coefficient (Wildman–Crippen LogP) is 0.753. The van der Waals surface area contributed by atoms with Crippen LogP contribution in [0.2, 0.25) is 0 Å². The molecule has 0 aromatic carbocycles. The van der Waals surface area contributed by atoms with Gasteiger partial charge in [-0.2, -0.15) is 0 Å². The summed E-state index contributed by atoms with van der Waals surface area (Å²) in [6.07, 6.45) is 3.03. The van der Waals surface area contributed by atoms with Crippen LogP contribution in [-0.2, 0) is 21.3 Å². The highest BCUT2D eigenvalue weighted by Gasteiger charge is 2.17. The van der Waals surface area contributed by atoms with Crippen LogP contribution in [0, 0.1) is 0 Å². The average Bonchev–Trinajstić information content (AvgIpc) is 3.15. The van der Waals surface area contributed by atoms with Crippen LogP contribution in [0.3, 0.4) is 0 Å². The molecular weight excluding hydrogens is 400 g/mol. The Bertz CT molecular complexity index is 714. The lowest BCUT2D eigenvalue weighted by molar-refractivity contribution is 0.0200. The Morgan fingerprint density at radius 1 is 1.39 bits per heavy atom. The van der Waals surface area contributed by atoms with Crippen molar-refractivity contribution in [1.82, 2.24) is 20.3 Å². The number of aliphatic imine (C=N–C) groups is 1. The second-order valence-corrected chi connectivity index (χ2v) is 9.56. The zero-order valence-corrected chi connectivity index (χ0v) is 18.5. The van der Waals surface area contributed by atoms with E-state index < -0.39 is 10.0 Å². The van der Waals surface area contributed by atoms with E-state index in [0.29, 0.717) is 32.2 Å². The van der Waals surface area contributed by atoms with Gasteiger partial charge in [-0.05, 0) is 26.2 Å². The fourth-order valence-electron chi connectivity index (χ4n) is 2.64. The molecule has 0 aliphatic carbocycles. The predicted molar refractivity (Wildman–Crippen MR) is 115 cm³/mol. The van der Waals surface area contributed by atoms with Gasteiger partial charge in [0.25, 0.3) is 0 Å². The van der Waals surface area contributed by atoms with Gasteiger partial charge in [-0.25, -0.2) is 23.1 Å². The highest BCUT2D eigenvalue weighted by molar-refractivity contribution is 7.89. The average molecular weight is 433 g/mol. The van der Waals surface area contributed by atoms with Crippen molar-refractivity contribution in [3.8, 4) is 0 Å². The lowest BCUT2D eigenvalue weighted by atomic mass is 10.1. The van der Waals surface area contributed by atoms with Crippen LogP contribution in [0.4, 0.5) is 5.13 Å². The maximum Gasteiger partial charge on any atom is 0.213 e. The minimum atomic E-state index is -3.36. The lowest BCUT2D eigenvalue weighted by Crippen LogP contribution is -2.42. The molecule has 2 rings (SSSR count). The summed E-state index contributed by atoms with van der Waals surface area (Å²) >= 11 is 1.57. The molecule has 9 nitrogen and oxygen atoms in total. The number of nitrogens with zero attached hydrogens (tertiary/aromatic N) is 3. The number of thiazole rings is 1. The summed E-state index contributed by atoms with van der Waals surface area (Å²) in [6.45, 7) is 4.42. The number of hydrogen-bond donors (Lipinski definition) is 3. The number of nitrogens with one attached hydrogen (secondary N) is 3. The molecule has 1 atom stereocenters.